The van der Waals surface area contributed by atoms with E-state index < -0.39 is 0 Å². The van der Waals surface area contributed by atoms with Crippen LogP contribution in [0.1, 0.15) is 17.3 Å². The van der Waals surface area contributed by atoms with E-state index in [9.17, 15) is 5.11 Å². The van der Waals surface area contributed by atoms with Crippen LogP contribution in [0.3, 0.4) is 0 Å². The van der Waals surface area contributed by atoms with Crippen LogP contribution >= 0.6 is 11.6 Å². The maximum atomic E-state index is 10.9. The minimum Gasteiger partial charge on any atom is -0.505 e. The van der Waals surface area contributed by atoms with Gasteiger partial charge in [0.2, 0.25) is 0 Å². The van der Waals surface area contributed by atoms with Crippen molar-refractivity contribution in [2.75, 3.05) is 5.32 Å². The maximum absolute atomic E-state index is 10.9. The molecule has 2 aromatic carbocycles. The van der Waals surface area contributed by atoms with Crippen LogP contribution in [0, 0.1) is 0 Å². The second-order valence-corrected chi connectivity index (χ2v) is 6.36. The molecule has 2 heterocycles. The van der Waals surface area contributed by atoms with Crippen molar-refractivity contribution in [3.63, 3.8) is 0 Å². The SMILES string of the molecule is Oc1c([C@H](Nc2cccc(Cl)c2)c2ccccn2)ccc2cccnc12. The van der Waals surface area contributed by atoms with Crippen molar-refractivity contribution in [2.45, 2.75) is 6.04 Å². The number of aromatic hydroxyl groups is 1. The highest BCUT2D eigenvalue weighted by Crippen LogP contribution is 2.36. The number of phenolic OH excluding ortho intramolecular Hbond substituents is 1. The van der Waals surface area contributed by atoms with Crippen LogP contribution in [0.2, 0.25) is 5.02 Å². The third-order valence-electron chi connectivity index (χ3n) is 4.21. The van der Waals surface area contributed by atoms with Gasteiger partial charge in [-0.3, -0.25) is 9.97 Å². The van der Waals surface area contributed by atoms with Crippen molar-refractivity contribution in [1.82, 2.24) is 9.97 Å². The first-order chi connectivity index (χ1) is 12.7. The predicted molar refractivity (Wildman–Crippen MR) is 105 cm³/mol. The number of halogens is 1. The van der Waals surface area contributed by atoms with Crippen molar-refractivity contribution >= 4 is 28.2 Å². The minimum atomic E-state index is -0.346. The zero-order chi connectivity index (χ0) is 17.9. The lowest BCUT2D eigenvalue weighted by Gasteiger charge is -2.21. The monoisotopic (exact) mass is 361 g/mol. The van der Waals surface area contributed by atoms with Gasteiger partial charge < -0.3 is 10.4 Å². The highest BCUT2D eigenvalue weighted by molar-refractivity contribution is 6.30. The Balaban J connectivity index is 1.84. The van der Waals surface area contributed by atoms with Gasteiger partial charge in [0.15, 0.2) is 0 Å². The molecule has 0 bridgehead atoms. The lowest BCUT2D eigenvalue weighted by atomic mass is 9.99. The van der Waals surface area contributed by atoms with E-state index in [4.69, 9.17) is 11.6 Å². The number of nitrogens with one attached hydrogen (secondary N) is 1. The summed E-state index contributed by atoms with van der Waals surface area (Å²) < 4.78 is 0. The molecule has 0 radical (unpaired) electrons. The van der Waals surface area contributed by atoms with Crippen molar-refractivity contribution in [3.8, 4) is 5.75 Å². The summed E-state index contributed by atoms with van der Waals surface area (Å²) in [6, 6.07) is 20.4. The van der Waals surface area contributed by atoms with Crippen molar-refractivity contribution in [1.29, 1.82) is 0 Å². The quantitative estimate of drug-likeness (QED) is 0.525. The molecule has 4 nitrogen and oxygen atoms in total. The summed E-state index contributed by atoms with van der Waals surface area (Å²) in [5.41, 5.74) is 2.90. The molecular formula is C21H16ClN3O. The van der Waals surface area contributed by atoms with Gasteiger partial charge in [0.05, 0.1) is 11.7 Å². The third-order valence-corrected chi connectivity index (χ3v) is 4.44. The smallest absolute Gasteiger partial charge is 0.147 e. The Bertz CT molecular complexity index is 1050. The Morgan fingerprint density at radius 3 is 2.58 bits per heavy atom. The molecule has 0 aliphatic carbocycles. The highest BCUT2D eigenvalue weighted by Gasteiger charge is 2.21. The van der Waals surface area contributed by atoms with E-state index in [1.54, 1.807) is 12.4 Å². The zero-order valence-corrected chi connectivity index (χ0v) is 14.6. The van der Waals surface area contributed by atoms with Crippen LogP contribution in [0.15, 0.2) is 79.1 Å². The fraction of sp³-hybridized carbons (Fsp3) is 0.0476. The summed E-state index contributed by atoms with van der Waals surface area (Å²) in [5, 5.41) is 15.8. The Hall–Kier alpha value is -3.11. The summed E-state index contributed by atoms with van der Waals surface area (Å²) in [4.78, 5) is 8.79. The first-order valence-electron chi connectivity index (χ1n) is 8.22. The zero-order valence-electron chi connectivity index (χ0n) is 13.8. The van der Waals surface area contributed by atoms with Gasteiger partial charge in [-0.05, 0) is 36.4 Å². The van der Waals surface area contributed by atoms with Gasteiger partial charge in [-0.2, -0.15) is 0 Å². The molecule has 0 spiro atoms. The molecule has 128 valence electrons. The second kappa shape index (κ2) is 7.02. The number of pyridine rings is 2. The summed E-state index contributed by atoms with van der Waals surface area (Å²) in [7, 11) is 0. The minimum absolute atomic E-state index is 0.147. The van der Waals surface area contributed by atoms with Gasteiger partial charge in [0, 0.05) is 34.1 Å². The largest absolute Gasteiger partial charge is 0.505 e. The van der Waals surface area contributed by atoms with Gasteiger partial charge in [-0.1, -0.05) is 41.9 Å². The van der Waals surface area contributed by atoms with Crippen LogP contribution in [0.4, 0.5) is 5.69 Å². The number of anilines is 1. The van der Waals surface area contributed by atoms with E-state index in [2.05, 4.69) is 15.3 Å². The number of fused-ring (bicyclic) bond motifs is 1. The molecule has 5 heteroatoms. The van der Waals surface area contributed by atoms with Crippen LogP contribution in [-0.4, -0.2) is 15.1 Å². The second-order valence-electron chi connectivity index (χ2n) is 5.92. The standard InChI is InChI=1S/C21H16ClN3O/c22-15-6-3-7-16(13-15)25-20(18-8-1-2-11-23-18)17-10-9-14-5-4-12-24-19(14)21(17)26/h1-13,20,25-26H/t20-/m0/s1. The maximum Gasteiger partial charge on any atom is 0.147 e. The summed E-state index contributed by atoms with van der Waals surface area (Å²) in [6.07, 6.45) is 3.41. The Kier molecular flexibility index (Phi) is 4.42. The van der Waals surface area contributed by atoms with Crippen molar-refractivity contribution in [3.05, 3.63) is 95.4 Å². The fourth-order valence-electron chi connectivity index (χ4n) is 2.98. The number of benzene rings is 2. The lowest BCUT2D eigenvalue weighted by Crippen LogP contribution is -2.14. The number of hydrogen-bond acceptors (Lipinski definition) is 4. The average molecular weight is 362 g/mol. The van der Waals surface area contributed by atoms with Gasteiger partial charge in [-0.25, -0.2) is 0 Å². The van der Waals surface area contributed by atoms with Gasteiger partial charge >= 0.3 is 0 Å². The molecular weight excluding hydrogens is 346 g/mol. The van der Waals surface area contributed by atoms with Crippen LogP contribution in [0.25, 0.3) is 10.9 Å². The van der Waals surface area contributed by atoms with E-state index in [0.717, 1.165) is 16.8 Å². The molecule has 0 aliphatic rings. The Morgan fingerprint density at radius 1 is 0.885 bits per heavy atom. The normalized spacial score (nSPS) is 12.0. The van der Waals surface area contributed by atoms with E-state index in [1.165, 1.54) is 0 Å². The molecule has 0 fully saturated rings. The molecule has 0 saturated carbocycles. The first kappa shape index (κ1) is 16.4. The Morgan fingerprint density at radius 2 is 1.77 bits per heavy atom. The molecule has 0 aliphatic heterocycles. The Labute approximate surface area is 156 Å². The van der Waals surface area contributed by atoms with Crippen LogP contribution in [-0.2, 0) is 0 Å². The van der Waals surface area contributed by atoms with E-state index in [1.807, 2.05) is 66.7 Å². The van der Waals surface area contributed by atoms with Crippen LogP contribution < -0.4 is 5.32 Å². The van der Waals surface area contributed by atoms with E-state index >= 15 is 0 Å². The molecule has 0 saturated heterocycles. The number of rotatable bonds is 4. The number of nitrogens with zero attached hydrogens (tertiary/aromatic N) is 2. The molecule has 2 N–H and O–H groups in total. The van der Waals surface area contributed by atoms with E-state index in [-0.39, 0.29) is 11.8 Å². The molecule has 0 amide bonds. The topological polar surface area (TPSA) is 58.0 Å². The lowest BCUT2D eigenvalue weighted by molar-refractivity contribution is 0.471. The molecule has 4 rings (SSSR count). The van der Waals surface area contributed by atoms with Crippen LogP contribution in [0.5, 0.6) is 5.75 Å². The highest BCUT2D eigenvalue weighted by atomic mass is 35.5. The number of hydrogen-bond donors (Lipinski definition) is 2. The summed E-state index contributed by atoms with van der Waals surface area (Å²) >= 11 is 6.11. The van der Waals surface area contributed by atoms with Gasteiger partial charge in [0.1, 0.15) is 11.3 Å². The van der Waals surface area contributed by atoms with Gasteiger partial charge in [0.25, 0.3) is 0 Å². The third kappa shape index (κ3) is 3.19. The van der Waals surface area contributed by atoms with Crippen molar-refractivity contribution in [2.24, 2.45) is 0 Å². The van der Waals surface area contributed by atoms with E-state index in [0.29, 0.717) is 16.1 Å². The first-order valence-corrected chi connectivity index (χ1v) is 8.60. The summed E-state index contributed by atoms with van der Waals surface area (Å²) in [5.74, 6) is 0.147. The molecule has 0 unspecified atom stereocenters. The fourth-order valence-corrected chi connectivity index (χ4v) is 3.17. The molecule has 2 aromatic heterocycles. The average Bonchev–Trinajstić information content (AvgIpc) is 2.68. The number of phenols is 1. The van der Waals surface area contributed by atoms with Crippen molar-refractivity contribution < 1.29 is 5.11 Å². The summed E-state index contributed by atoms with van der Waals surface area (Å²) in [6.45, 7) is 0. The molecule has 4 aromatic rings. The van der Waals surface area contributed by atoms with Gasteiger partial charge in [-0.15, -0.1) is 0 Å². The molecule has 1 atom stereocenters. The number of aromatic nitrogens is 2. The predicted octanol–water partition coefficient (Wildman–Crippen LogP) is 5.19. The molecule has 26 heavy (non-hydrogen) atoms.